The van der Waals surface area contributed by atoms with E-state index >= 15 is 0 Å². The number of aliphatic carboxylic acids is 1. The van der Waals surface area contributed by atoms with E-state index in [1.54, 1.807) is 12.1 Å². The van der Waals surface area contributed by atoms with Crippen molar-refractivity contribution in [1.29, 1.82) is 0 Å². The second kappa shape index (κ2) is 8.98. The largest absolute Gasteiger partial charge is 0.479 e. The quantitative estimate of drug-likeness (QED) is 0.610. The Balaban J connectivity index is 2.17. The third kappa shape index (κ3) is 5.54. The monoisotopic (exact) mass is 387 g/mol. The third-order valence-corrected chi connectivity index (χ3v) is 3.84. The van der Waals surface area contributed by atoms with Crippen LogP contribution in [0, 0.1) is 12.7 Å². The van der Waals surface area contributed by atoms with Gasteiger partial charge in [-0.05, 0) is 56.2 Å². The number of carboxylic acids is 1. The Morgan fingerprint density at radius 3 is 2.36 bits per heavy atom. The van der Waals surface area contributed by atoms with Gasteiger partial charge >= 0.3 is 12.0 Å². The van der Waals surface area contributed by atoms with Crippen molar-refractivity contribution in [2.24, 2.45) is 0 Å². The van der Waals surface area contributed by atoms with Gasteiger partial charge in [0.2, 0.25) is 0 Å². The molecule has 0 saturated heterocycles. The summed E-state index contributed by atoms with van der Waals surface area (Å²) >= 11 is 0. The summed E-state index contributed by atoms with van der Waals surface area (Å²) < 4.78 is 13.4. The summed E-state index contributed by atoms with van der Waals surface area (Å²) in [6.07, 6.45) is 0. The molecule has 2 aromatic rings. The number of hydrogen-bond acceptors (Lipinski definition) is 3. The van der Waals surface area contributed by atoms with Gasteiger partial charge in [0.15, 0.2) is 6.04 Å². The maximum Gasteiger partial charge on any atom is 0.330 e. The van der Waals surface area contributed by atoms with Crippen molar-refractivity contribution in [2.45, 2.75) is 32.9 Å². The molecule has 0 aliphatic rings. The number of nitrogens with one attached hydrogen (secondary N) is 3. The smallest absolute Gasteiger partial charge is 0.330 e. The van der Waals surface area contributed by atoms with Crippen LogP contribution in [-0.4, -0.2) is 29.1 Å². The van der Waals surface area contributed by atoms with Crippen LogP contribution in [0.1, 0.15) is 41.4 Å². The minimum Gasteiger partial charge on any atom is -0.479 e. The van der Waals surface area contributed by atoms with Crippen LogP contribution in [0.25, 0.3) is 0 Å². The molecule has 0 heterocycles. The second-order valence-electron chi connectivity index (χ2n) is 6.59. The van der Waals surface area contributed by atoms with E-state index in [1.165, 1.54) is 31.2 Å². The molecule has 0 aliphatic heterocycles. The van der Waals surface area contributed by atoms with Crippen molar-refractivity contribution < 1.29 is 23.9 Å². The standard InChI is InChI=1S/C20H22FN3O4/c1-11(2)22-20(28)23-15-6-4-5-14(10-15)18(25)24-17(19(26)27)13-7-8-16(21)12(3)9-13/h4-11,17H,1-3H3,(H,24,25)(H,26,27)(H2,22,23,28). The zero-order valence-electron chi connectivity index (χ0n) is 15.7. The highest BCUT2D eigenvalue weighted by Crippen LogP contribution is 2.19. The van der Waals surface area contributed by atoms with Crippen LogP contribution in [0.2, 0.25) is 0 Å². The highest BCUT2D eigenvalue weighted by Gasteiger charge is 2.23. The fraction of sp³-hybridized carbons (Fsp3) is 0.250. The third-order valence-electron chi connectivity index (χ3n) is 3.84. The van der Waals surface area contributed by atoms with Gasteiger partial charge in [-0.2, -0.15) is 0 Å². The summed E-state index contributed by atoms with van der Waals surface area (Å²) in [6, 6.07) is 8.14. The van der Waals surface area contributed by atoms with E-state index in [9.17, 15) is 23.9 Å². The van der Waals surface area contributed by atoms with Crippen LogP contribution in [0.4, 0.5) is 14.9 Å². The molecule has 0 spiro atoms. The van der Waals surface area contributed by atoms with E-state index in [0.717, 1.165) is 6.07 Å². The van der Waals surface area contributed by atoms with Crippen molar-refractivity contribution in [3.8, 4) is 0 Å². The summed E-state index contributed by atoms with van der Waals surface area (Å²) in [5.74, 6) is -2.37. The first-order chi connectivity index (χ1) is 13.2. The lowest BCUT2D eigenvalue weighted by Gasteiger charge is -2.16. The van der Waals surface area contributed by atoms with Crippen molar-refractivity contribution >= 4 is 23.6 Å². The SMILES string of the molecule is Cc1cc(C(NC(=O)c2cccc(NC(=O)NC(C)C)c2)C(=O)O)ccc1F. The van der Waals surface area contributed by atoms with E-state index in [2.05, 4.69) is 16.0 Å². The fourth-order valence-corrected chi connectivity index (χ4v) is 2.52. The number of rotatable bonds is 6. The van der Waals surface area contributed by atoms with E-state index < -0.39 is 29.8 Å². The van der Waals surface area contributed by atoms with Gasteiger partial charge in [0.05, 0.1) is 0 Å². The van der Waals surface area contributed by atoms with Gasteiger partial charge in [-0.1, -0.05) is 18.2 Å². The van der Waals surface area contributed by atoms with Crippen LogP contribution in [0.5, 0.6) is 0 Å². The number of benzene rings is 2. The summed E-state index contributed by atoms with van der Waals surface area (Å²) in [4.78, 5) is 35.9. The van der Waals surface area contributed by atoms with Crippen LogP contribution in [0.3, 0.4) is 0 Å². The maximum absolute atomic E-state index is 13.4. The maximum atomic E-state index is 13.4. The Morgan fingerprint density at radius 2 is 1.75 bits per heavy atom. The Hall–Kier alpha value is -3.42. The number of aryl methyl sites for hydroxylation is 1. The molecule has 8 heteroatoms. The molecule has 0 radical (unpaired) electrons. The molecule has 28 heavy (non-hydrogen) atoms. The Kier molecular flexibility index (Phi) is 6.70. The normalized spacial score (nSPS) is 11.6. The molecule has 7 nitrogen and oxygen atoms in total. The number of halogens is 1. The van der Waals surface area contributed by atoms with E-state index in [-0.39, 0.29) is 22.7 Å². The van der Waals surface area contributed by atoms with Crippen LogP contribution in [-0.2, 0) is 4.79 Å². The Labute approximate surface area is 162 Å². The first-order valence-electron chi connectivity index (χ1n) is 8.64. The number of carbonyl (C=O) groups excluding carboxylic acids is 2. The molecule has 0 saturated carbocycles. The minimum absolute atomic E-state index is 0.0537. The lowest BCUT2D eigenvalue weighted by atomic mass is 10.0. The molecular formula is C20H22FN3O4. The topological polar surface area (TPSA) is 108 Å². The molecule has 4 N–H and O–H groups in total. The number of urea groups is 1. The summed E-state index contributed by atoms with van der Waals surface area (Å²) in [7, 11) is 0. The highest BCUT2D eigenvalue weighted by molar-refractivity contribution is 5.98. The fourth-order valence-electron chi connectivity index (χ4n) is 2.52. The van der Waals surface area contributed by atoms with Crippen molar-refractivity contribution in [3.63, 3.8) is 0 Å². The number of amides is 3. The van der Waals surface area contributed by atoms with E-state index in [0.29, 0.717) is 5.69 Å². The Morgan fingerprint density at radius 1 is 1.04 bits per heavy atom. The molecule has 0 aliphatic carbocycles. The van der Waals surface area contributed by atoms with Gasteiger partial charge in [0.1, 0.15) is 5.82 Å². The molecule has 148 valence electrons. The van der Waals surface area contributed by atoms with Crippen LogP contribution in [0.15, 0.2) is 42.5 Å². The summed E-state index contributed by atoms with van der Waals surface area (Å²) in [6.45, 7) is 5.14. The van der Waals surface area contributed by atoms with Gasteiger partial charge in [-0.15, -0.1) is 0 Å². The molecule has 1 unspecified atom stereocenters. The molecule has 3 amide bonds. The Bertz CT molecular complexity index is 899. The van der Waals surface area contributed by atoms with Gasteiger partial charge in [0, 0.05) is 17.3 Å². The van der Waals surface area contributed by atoms with E-state index in [1.807, 2.05) is 13.8 Å². The highest BCUT2D eigenvalue weighted by atomic mass is 19.1. The first kappa shape index (κ1) is 20.9. The van der Waals surface area contributed by atoms with Gasteiger partial charge in [0.25, 0.3) is 5.91 Å². The van der Waals surface area contributed by atoms with Crippen LogP contribution >= 0.6 is 0 Å². The number of carbonyl (C=O) groups is 3. The zero-order chi connectivity index (χ0) is 20.8. The lowest BCUT2D eigenvalue weighted by molar-refractivity contribution is -0.139. The van der Waals surface area contributed by atoms with Gasteiger partial charge < -0.3 is 21.1 Å². The number of hydrogen-bond donors (Lipinski definition) is 4. The number of anilines is 1. The van der Waals surface area contributed by atoms with Crippen molar-refractivity contribution in [3.05, 3.63) is 65.0 Å². The van der Waals surface area contributed by atoms with Crippen molar-refractivity contribution in [2.75, 3.05) is 5.32 Å². The van der Waals surface area contributed by atoms with Gasteiger partial charge in [-0.25, -0.2) is 14.0 Å². The van der Waals surface area contributed by atoms with Gasteiger partial charge in [-0.3, -0.25) is 4.79 Å². The minimum atomic E-state index is -1.34. The average Bonchev–Trinajstić information content (AvgIpc) is 2.61. The van der Waals surface area contributed by atoms with Crippen molar-refractivity contribution in [1.82, 2.24) is 10.6 Å². The molecule has 0 bridgehead atoms. The molecule has 1 atom stereocenters. The first-order valence-corrected chi connectivity index (χ1v) is 8.64. The second-order valence-corrected chi connectivity index (χ2v) is 6.59. The average molecular weight is 387 g/mol. The lowest BCUT2D eigenvalue weighted by Crippen LogP contribution is -2.35. The molecule has 2 rings (SSSR count). The predicted octanol–water partition coefficient (Wildman–Crippen LogP) is 3.22. The molecular weight excluding hydrogens is 365 g/mol. The number of carboxylic acid groups (broad SMARTS) is 1. The summed E-state index contributed by atoms with van der Waals surface area (Å²) in [5.41, 5.74) is 1.09. The molecule has 0 fully saturated rings. The molecule has 2 aromatic carbocycles. The zero-order valence-corrected chi connectivity index (χ0v) is 15.7. The van der Waals surface area contributed by atoms with E-state index in [4.69, 9.17) is 0 Å². The predicted molar refractivity (Wildman–Crippen MR) is 103 cm³/mol. The summed E-state index contributed by atoms with van der Waals surface area (Å²) in [5, 5.41) is 17.1. The molecule has 0 aromatic heterocycles. The van der Waals surface area contributed by atoms with Crippen LogP contribution < -0.4 is 16.0 Å².